The highest BCUT2D eigenvalue weighted by molar-refractivity contribution is 7.99. The van der Waals surface area contributed by atoms with Gasteiger partial charge in [0.05, 0.1) is 5.56 Å². The van der Waals surface area contributed by atoms with Crippen molar-refractivity contribution < 1.29 is 9.21 Å². The van der Waals surface area contributed by atoms with Crippen molar-refractivity contribution in [2.75, 3.05) is 13.1 Å². The normalized spacial score (nSPS) is 27.1. The van der Waals surface area contributed by atoms with E-state index in [1.807, 2.05) is 30.3 Å². The molecule has 134 valence electrons. The van der Waals surface area contributed by atoms with Crippen molar-refractivity contribution in [1.29, 1.82) is 5.26 Å². The first-order valence-electron chi connectivity index (χ1n) is 8.95. The van der Waals surface area contributed by atoms with Crippen molar-refractivity contribution in [1.82, 2.24) is 10.2 Å². The summed E-state index contributed by atoms with van der Waals surface area (Å²) < 4.78 is 5.33. The van der Waals surface area contributed by atoms with E-state index in [1.54, 1.807) is 6.07 Å². The predicted molar refractivity (Wildman–Crippen MR) is 99.0 cm³/mol. The van der Waals surface area contributed by atoms with Crippen LogP contribution >= 0.6 is 11.8 Å². The van der Waals surface area contributed by atoms with Crippen LogP contribution in [0, 0.1) is 17.2 Å². The van der Waals surface area contributed by atoms with Crippen molar-refractivity contribution in [2.45, 2.75) is 41.8 Å². The maximum absolute atomic E-state index is 12.7. The van der Waals surface area contributed by atoms with Gasteiger partial charge in [-0.05, 0) is 63.0 Å². The Morgan fingerprint density at radius 2 is 2.04 bits per heavy atom. The van der Waals surface area contributed by atoms with Gasteiger partial charge >= 0.3 is 0 Å². The maximum Gasteiger partial charge on any atom is 0.251 e. The fourth-order valence-electron chi connectivity index (χ4n) is 4.00. The molecule has 3 aliphatic heterocycles. The summed E-state index contributed by atoms with van der Waals surface area (Å²) in [6.45, 7) is 4.53. The number of hydrogen-bond acceptors (Lipinski definition) is 5. The first-order valence-corrected chi connectivity index (χ1v) is 9.77. The van der Waals surface area contributed by atoms with Gasteiger partial charge < -0.3 is 9.73 Å². The first kappa shape index (κ1) is 17.2. The van der Waals surface area contributed by atoms with Crippen molar-refractivity contribution in [3.63, 3.8) is 0 Å². The molecule has 1 amide bonds. The zero-order valence-corrected chi connectivity index (χ0v) is 15.5. The predicted octanol–water partition coefficient (Wildman–Crippen LogP) is 3.51. The van der Waals surface area contributed by atoms with E-state index in [9.17, 15) is 4.79 Å². The Hall–Kier alpha value is -2.23. The SMILES string of the molecule is CC1C(NC(=O)c2ccc(Sc3cc(C#N)co3)cc2)C2CCN1CC2. The molecule has 26 heavy (non-hydrogen) atoms. The minimum absolute atomic E-state index is 0.00286. The fourth-order valence-corrected chi connectivity index (χ4v) is 4.79. The molecule has 1 N–H and O–H groups in total. The zero-order valence-electron chi connectivity index (χ0n) is 14.6. The topological polar surface area (TPSA) is 69.3 Å². The third kappa shape index (κ3) is 3.37. The van der Waals surface area contributed by atoms with Gasteiger partial charge in [-0.3, -0.25) is 9.69 Å². The van der Waals surface area contributed by atoms with Gasteiger partial charge in [0.2, 0.25) is 0 Å². The molecule has 0 aliphatic carbocycles. The van der Waals surface area contributed by atoms with Crippen LogP contribution in [0.1, 0.15) is 35.7 Å². The molecular formula is C20H21N3O2S. The van der Waals surface area contributed by atoms with Crippen LogP contribution in [0.4, 0.5) is 0 Å². The number of carbonyl (C=O) groups is 1. The molecule has 1 aromatic carbocycles. The van der Waals surface area contributed by atoms with Gasteiger partial charge in [-0.1, -0.05) is 11.8 Å². The van der Waals surface area contributed by atoms with Crippen molar-refractivity contribution in [3.8, 4) is 6.07 Å². The second-order valence-corrected chi connectivity index (χ2v) is 8.08. The van der Waals surface area contributed by atoms with Crippen LogP contribution in [0.2, 0.25) is 0 Å². The Morgan fingerprint density at radius 3 is 2.65 bits per heavy atom. The van der Waals surface area contributed by atoms with E-state index in [1.165, 1.54) is 30.9 Å². The number of rotatable bonds is 4. The summed E-state index contributed by atoms with van der Waals surface area (Å²) in [4.78, 5) is 16.1. The standard InChI is InChI=1S/C20H21N3O2S/c1-13-19(15-6-8-23(13)9-7-15)22-20(24)16-2-4-17(5-3-16)26-18-10-14(11-21)12-25-18/h2-5,10,12-13,15,19H,6-9H2,1H3,(H,22,24). The first-order chi connectivity index (χ1) is 12.6. The highest BCUT2D eigenvalue weighted by Gasteiger charge is 2.40. The molecule has 3 saturated heterocycles. The van der Waals surface area contributed by atoms with Crippen molar-refractivity contribution in [3.05, 3.63) is 47.7 Å². The summed E-state index contributed by atoms with van der Waals surface area (Å²) in [6, 6.07) is 11.9. The van der Waals surface area contributed by atoms with Crippen LogP contribution in [-0.2, 0) is 0 Å². The molecular weight excluding hydrogens is 346 g/mol. The lowest BCUT2D eigenvalue weighted by molar-refractivity contribution is 0.0217. The fraction of sp³-hybridized carbons (Fsp3) is 0.400. The van der Waals surface area contributed by atoms with E-state index in [4.69, 9.17) is 9.68 Å². The van der Waals surface area contributed by atoms with Crippen LogP contribution < -0.4 is 5.32 Å². The highest BCUT2D eigenvalue weighted by Crippen LogP contribution is 2.32. The van der Waals surface area contributed by atoms with Gasteiger partial charge in [0.1, 0.15) is 12.3 Å². The lowest BCUT2D eigenvalue weighted by Crippen LogP contribution is -2.62. The van der Waals surface area contributed by atoms with E-state index in [0.29, 0.717) is 28.2 Å². The van der Waals surface area contributed by atoms with E-state index >= 15 is 0 Å². The van der Waals surface area contributed by atoms with Crippen molar-refractivity contribution >= 4 is 17.7 Å². The molecule has 2 unspecified atom stereocenters. The van der Waals surface area contributed by atoms with Crippen LogP contribution in [0.15, 0.2) is 51.0 Å². The number of fused-ring (bicyclic) bond motifs is 3. The summed E-state index contributed by atoms with van der Waals surface area (Å²) in [7, 11) is 0. The summed E-state index contributed by atoms with van der Waals surface area (Å²) in [6.07, 6.45) is 3.80. The number of nitriles is 1. The number of amides is 1. The molecule has 2 bridgehead atoms. The number of furan rings is 1. The second kappa shape index (κ2) is 7.18. The number of benzene rings is 1. The Balaban J connectivity index is 1.40. The Labute approximate surface area is 157 Å². The molecule has 0 spiro atoms. The highest BCUT2D eigenvalue weighted by atomic mass is 32.2. The number of nitrogens with one attached hydrogen (secondary N) is 1. The monoisotopic (exact) mass is 367 g/mol. The molecule has 3 fully saturated rings. The molecule has 0 radical (unpaired) electrons. The average molecular weight is 367 g/mol. The number of nitrogens with zero attached hydrogens (tertiary/aromatic N) is 2. The van der Waals surface area contributed by atoms with Crippen molar-refractivity contribution in [2.24, 2.45) is 5.92 Å². The van der Waals surface area contributed by atoms with Gasteiger partial charge in [-0.2, -0.15) is 5.26 Å². The summed E-state index contributed by atoms with van der Waals surface area (Å²) in [5, 5.41) is 12.8. The molecule has 6 heteroatoms. The summed E-state index contributed by atoms with van der Waals surface area (Å²) >= 11 is 1.43. The number of carbonyl (C=O) groups excluding carboxylic acids is 1. The molecule has 3 aliphatic rings. The molecule has 0 saturated carbocycles. The summed E-state index contributed by atoms with van der Waals surface area (Å²) in [5.74, 6) is 0.596. The number of hydrogen-bond donors (Lipinski definition) is 1. The largest absolute Gasteiger partial charge is 0.456 e. The second-order valence-electron chi connectivity index (χ2n) is 7.01. The van der Waals surface area contributed by atoms with E-state index < -0.39 is 0 Å². The van der Waals surface area contributed by atoms with Crippen LogP contribution in [0.5, 0.6) is 0 Å². The smallest absolute Gasteiger partial charge is 0.251 e. The third-order valence-electron chi connectivity index (χ3n) is 5.51. The quantitative estimate of drug-likeness (QED) is 0.895. The van der Waals surface area contributed by atoms with E-state index in [2.05, 4.69) is 17.1 Å². The van der Waals surface area contributed by atoms with Crippen LogP contribution in [-0.4, -0.2) is 36.0 Å². The third-order valence-corrected chi connectivity index (χ3v) is 6.44. The Kier molecular flexibility index (Phi) is 4.75. The van der Waals surface area contributed by atoms with Gasteiger partial charge in [0, 0.05) is 28.6 Å². The lowest BCUT2D eigenvalue weighted by Gasteiger charge is -2.49. The number of piperidine rings is 3. The lowest BCUT2D eigenvalue weighted by atomic mass is 9.79. The van der Waals surface area contributed by atoms with Gasteiger partial charge in [0.25, 0.3) is 5.91 Å². The Morgan fingerprint density at radius 1 is 1.31 bits per heavy atom. The molecule has 1 aromatic heterocycles. The van der Waals surface area contributed by atoms with Gasteiger partial charge in [0.15, 0.2) is 5.09 Å². The van der Waals surface area contributed by atoms with Gasteiger partial charge in [-0.15, -0.1) is 0 Å². The van der Waals surface area contributed by atoms with Gasteiger partial charge in [-0.25, -0.2) is 0 Å². The minimum Gasteiger partial charge on any atom is -0.456 e. The minimum atomic E-state index is -0.00286. The molecule has 5 nitrogen and oxygen atoms in total. The molecule has 4 heterocycles. The maximum atomic E-state index is 12.7. The van der Waals surface area contributed by atoms with E-state index in [-0.39, 0.29) is 11.9 Å². The Bertz CT molecular complexity index is 829. The molecule has 2 atom stereocenters. The average Bonchev–Trinajstić information content (AvgIpc) is 3.13. The molecule has 2 aromatic rings. The zero-order chi connectivity index (χ0) is 18.1. The summed E-state index contributed by atoms with van der Waals surface area (Å²) in [5.41, 5.74) is 1.19. The van der Waals surface area contributed by atoms with Crippen LogP contribution in [0.25, 0.3) is 0 Å². The van der Waals surface area contributed by atoms with Crippen LogP contribution in [0.3, 0.4) is 0 Å². The molecule has 5 rings (SSSR count). The van der Waals surface area contributed by atoms with E-state index in [0.717, 1.165) is 18.0 Å².